The van der Waals surface area contributed by atoms with E-state index in [1.54, 1.807) is 0 Å². The monoisotopic (exact) mass is 377 g/mol. The molecule has 1 aromatic carbocycles. The van der Waals surface area contributed by atoms with Gasteiger partial charge in [0.05, 0.1) is 5.56 Å². The number of ether oxygens (including phenoxy) is 1. The fourth-order valence-corrected chi connectivity index (χ4v) is 4.21. The SMILES string of the molecule is CC(C)(C)OC(=O)c1c(Br)ccc2oc3c(c12)C1CCC(C3)N1. The summed E-state index contributed by atoms with van der Waals surface area (Å²) in [6, 6.07) is 4.57. The van der Waals surface area contributed by atoms with Gasteiger partial charge in [0.1, 0.15) is 16.9 Å². The van der Waals surface area contributed by atoms with E-state index in [1.165, 1.54) is 0 Å². The molecule has 1 saturated heterocycles. The van der Waals surface area contributed by atoms with Crippen LogP contribution in [0.3, 0.4) is 0 Å². The second-order valence-electron chi connectivity index (χ2n) is 7.43. The zero-order chi connectivity index (χ0) is 16.4. The number of furan rings is 1. The van der Waals surface area contributed by atoms with Gasteiger partial charge >= 0.3 is 5.97 Å². The number of hydrogen-bond donors (Lipinski definition) is 1. The fourth-order valence-electron chi connectivity index (χ4n) is 3.72. The Balaban J connectivity index is 1.92. The third-order valence-electron chi connectivity index (χ3n) is 4.54. The average molecular weight is 378 g/mol. The van der Waals surface area contributed by atoms with Gasteiger partial charge in [-0.15, -0.1) is 0 Å². The quantitative estimate of drug-likeness (QED) is 0.743. The van der Waals surface area contributed by atoms with Crippen LogP contribution in [0.4, 0.5) is 0 Å². The van der Waals surface area contributed by atoms with Gasteiger partial charge in [-0.2, -0.15) is 0 Å². The second kappa shape index (κ2) is 5.08. The minimum absolute atomic E-state index is 0.278. The van der Waals surface area contributed by atoms with Gasteiger partial charge in [-0.25, -0.2) is 4.79 Å². The van der Waals surface area contributed by atoms with Crippen LogP contribution in [0.15, 0.2) is 21.0 Å². The smallest absolute Gasteiger partial charge is 0.340 e. The number of fused-ring (bicyclic) bond motifs is 6. The summed E-state index contributed by atoms with van der Waals surface area (Å²) in [7, 11) is 0. The topological polar surface area (TPSA) is 51.5 Å². The number of hydrogen-bond acceptors (Lipinski definition) is 4. The normalized spacial score (nSPS) is 23.1. The molecule has 3 heterocycles. The van der Waals surface area contributed by atoms with Crippen molar-refractivity contribution in [3.05, 3.63) is 33.5 Å². The zero-order valence-electron chi connectivity index (χ0n) is 13.5. The molecular weight excluding hydrogens is 358 g/mol. The van der Waals surface area contributed by atoms with Crippen LogP contribution in [0.1, 0.15) is 61.3 Å². The highest BCUT2D eigenvalue weighted by atomic mass is 79.9. The maximum absolute atomic E-state index is 12.8. The molecule has 23 heavy (non-hydrogen) atoms. The van der Waals surface area contributed by atoms with Crippen LogP contribution in [0.25, 0.3) is 11.0 Å². The molecular formula is C18H20BrNO3. The number of benzene rings is 1. The highest BCUT2D eigenvalue weighted by molar-refractivity contribution is 9.10. The van der Waals surface area contributed by atoms with E-state index in [0.29, 0.717) is 11.6 Å². The Morgan fingerprint density at radius 1 is 1.35 bits per heavy atom. The summed E-state index contributed by atoms with van der Waals surface area (Å²) in [5, 5.41) is 4.54. The molecule has 5 heteroatoms. The molecule has 0 radical (unpaired) electrons. The lowest BCUT2D eigenvalue weighted by Crippen LogP contribution is -2.31. The minimum atomic E-state index is -0.529. The van der Waals surface area contributed by atoms with E-state index in [0.717, 1.165) is 46.0 Å². The zero-order valence-corrected chi connectivity index (χ0v) is 15.1. The van der Waals surface area contributed by atoms with E-state index in [2.05, 4.69) is 21.2 Å². The van der Waals surface area contributed by atoms with E-state index in [4.69, 9.17) is 9.15 Å². The molecule has 0 spiro atoms. The lowest BCUT2D eigenvalue weighted by molar-refractivity contribution is 0.00707. The first-order chi connectivity index (χ1) is 10.8. The molecule has 2 bridgehead atoms. The lowest BCUT2D eigenvalue weighted by Gasteiger charge is -2.22. The molecule has 2 aromatic rings. The third-order valence-corrected chi connectivity index (χ3v) is 5.20. The van der Waals surface area contributed by atoms with E-state index in [9.17, 15) is 4.79 Å². The van der Waals surface area contributed by atoms with Gasteiger partial charge in [0.25, 0.3) is 0 Å². The van der Waals surface area contributed by atoms with Crippen LogP contribution in [0.2, 0.25) is 0 Å². The van der Waals surface area contributed by atoms with Gasteiger partial charge in [-0.3, -0.25) is 0 Å². The standard InChI is InChI=1S/C18H20BrNO3/c1-18(2,3)23-17(21)14-10(19)5-7-12-16(14)15-11-6-4-9(20-11)8-13(15)22-12/h5,7,9,11,20H,4,6,8H2,1-3H3. The molecule has 2 aliphatic rings. The Labute approximate surface area is 143 Å². The molecule has 2 unspecified atom stereocenters. The van der Waals surface area contributed by atoms with E-state index >= 15 is 0 Å². The predicted octanol–water partition coefficient (Wildman–Crippen LogP) is 4.50. The van der Waals surface area contributed by atoms with Crippen molar-refractivity contribution in [3.63, 3.8) is 0 Å². The molecule has 4 nitrogen and oxygen atoms in total. The Kier molecular flexibility index (Phi) is 3.36. The van der Waals surface area contributed by atoms with Crippen molar-refractivity contribution in [1.82, 2.24) is 5.32 Å². The number of halogens is 1. The van der Waals surface area contributed by atoms with Crippen molar-refractivity contribution in [2.24, 2.45) is 0 Å². The Morgan fingerprint density at radius 2 is 2.13 bits per heavy atom. The van der Waals surface area contributed by atoms with E-state index in [-0.39, 0.29) is 12.0 Å². The number of carbonyl (C=O) groups excluding carboxylic acids is 1. The summed E-state index contributed by atoms with van der Waals surface area (Å²) >= 11 is 3.53. The molecule has 0 aliphatic carbocycles. The van der Waals surface area contributed by atoms with Crippen LogP contribution < -0.4 is 5.32 Å². The van der Waals surface area contributed by atoms with Crippen molar-refractivity contribution in [1.29, 1.82) is 0 Å². The summed E-state index contributed by atoms with van der Waals surface area (Å²) in [6.45, 7) is 5.65. The molecule has 1 aromatic heterocycles. The first kappa shape index (κ1) is 15.2. The van der Waals surface area contributed by atoms with Gasteiger partial charge in [0.15, 0.2) is 0 Å². The molecule has 4 rings (SSSR count). The fraction of sp³-hybridized carbons (Fsp3) is 0.500. The molecule has 0 amide bonds. The van der Waals surface area contributed by atoms with Crippen LogP contribution in [0, 0.1) is 0 Å². The molecule has 1 N–H and O–H groups in total. The summed E-state index contributed by atoms with van der Waals surface area (Å²) in [6.07, 6.45) is 3.14. The minimum Gasteiger partial charge on any atom is -0.461 e. The van der Waals surface area contributed by atoms with Crippen LogP contribution >= 0.6 is 15.9 Å². The van der Waals surface area contributed by atoms with Crippen LogP contribution in [-0.4, -0.2) is 17.6 Å². The molecule has 2 aliphatic heterocycles. The maximum atomic E-state index is 12.8. The van der Waals surface area contributed by atoms with Crippen molar-refractivity contribution in [2.75, 3.05) is 0 Å². The number of carbonyl (C=O) groups is 1. The highest BCUT2D eigenvalue weighted by Gasteiger charge is 2.38. The van der Waals surface area contributed by atoms with Crippen molar-refractivity contribution < 1.29 is 13.9 Å². The second-order valence-corrected chi connectivity index (χ2v) is 8.29. The maximum Gasteiger partial charge on any atom is 0.340 e. The van der Waals surface area contributed by atoms with Crippen molar-refractivity contribution in [2.45, 2.75) is 57.7 Å². The summed E-state index contributed by atoms with van der Waals surface area (Å²) < 4.78 is 12.5. The third kappa shape index (κ3) is 2.50. The summed E-state index contributed by atoms with van der Waals surface area (Å²) in [5.41, 5.74) is 1.97. The first-order valence-corrected chi connectivity index (χ1v) is 8.86. The Hall–Kier alpha value is -1.33. The van der Waals surface area contributed by atoms with Gasteiger partial charge in [-0.05, 0) is 61.7 Å². The number of nitrogens with one attached hydrogen (secondary N) is 1. The van der Waals surface area contributed by atoms with E-state index in [1.807, 2.05) is 32.9 Å². The summed E-state index contributed by atoms with van der Waals surface area (Å²) in [4.78, 5) is 12.8. The highest BCUT2D eigenvalue weighted by Crippen LogP contribution is 2.44. The van der Waals surface area contributed by atoms with Gasteiger partial charge in [0, 0.05) is 33.9 Å². The Bertz CT molecular complexity index is 803. The molecule has 1 fully saturated rings. The number of rotatable bonds is 1. The molecule has 2 atom stereocenters. The van der Waals surface area contributed by atoms with Gasteiger partial charge < -0.3 is 14.5 Å². The Morgan fingerprint density at radius 3 is 2.87 bits per heavy atom. The van der Waals surface area contributed by atoms with Gasteiger partial charge in [-0.1, -0.05) is 0 Å². The largest absolute Gasteiger partial charge is 0.461 e. The van der Waals surface area contributed by atoms with Crippen molar-refractivity contribution >= 4 is 32.9 Å². The van der Waals surface area contributed by atoms with Gasteiger partial charge in [0.2, 0.25) is 0 Å². The average Bonchev–Trinajstić information content (AvgIpc) is 2.99. The summed E-state index contributed by atoms with van der Waals surface area (Å²) in [5.74, 6) is 0.716. The first-order valence-electron chi connectivity index (χ1n) is 8.06. The molecule has 0 saturated carbocycles. The van der Waals surface area contributed by atoms with Crippen LogP contribution in [-0.2, 0) is 11.2 Å². The van der Waals surface area contributed by atoms with Crippen LogP contribution in [0.5, 0.6) is 0 Å². The van der Waals surface area contributed by atoms with Crippen molar-refractivity contribution in [3.8, 4) is 0 Å². The lowest BCUT2D eigenvalue weighted by atomic mass is 9.96. The molecule has 122 valence electrons. The predicted molar refractivity (Wildman–Crippen MR) is 91.7 cm³/mol. The number of esters is 1. The van der Waals surface area contributed by atoms with E-state index < -0.39 is 5.60 Å².